The van der Waals surface area contributed by atoms with E-state index in [-0.39, 0.29) is 20.8 Å². The number of rotatable bonds is 4. The Morgan fingerprint density at radius 1 is 1.06 bits per heavy atom. The minimum absolute atomic E-state index is 0.0202. The molecule has 0 radical (unpaired) electrons. The topological polar surface area (TPSA) is 93.9 Å². The van der Waals surface area contributed by atoms with Crippen LogP contribution < -0.4 is 4.72 Å². The molecule has 1 amide bonds. The summed E-state index contributed by atoms with van der Waals surface area (Å²) in [6.07, 6.45) is -5.12. The molecule has 2 aromatic carbocycles. The van der Waals surface area contributed by atoms with E-state index in [0.29, 0.717) is 10.2 Å². The molecular weight excluding hydrogens is 504 g/mol. The predicted octanol–water partition coefficient (Wildman–Crippen LogP) is 4.67. The summed E-state index contributed by atoms with van der Waals surface area (Å²) in [4.78, 5) is 11.9. The van der Waals surface area contributed by atoms with Gasteiger partial charge in [0.05, 0.1) is 15.7 Å². The maximum absolute atomic E-state index is 13.8. The van der Waals surface area contributed by atoms with Crippen molar-refractivity contribution in [3.05, 3.63) is 68.4 Å². The van der Waals surface area contributed by atoms with Crippen molar-refractivity contribution in [1.82, 2.24) is 19.7 Å². The number of halogens is 6. The molecule has 0 bridgehead atoms. The van der Waals surface area contributed by atoms with Crippen LogP contribution in [0.1, 0.15) is 21.7 Å². The monoisotopic (exact) mass is 512 g/mol. The Morgan fingerprint density at radius 2 is 1.74 bits per heavy atom. The minimum Gasteiger partial charge on any atom is -0.266 e. The molecule has 0 spiro atoms. The molecule has 3 aromatic rings. The fraction of sp³-hybridized carbons (Fsp3) is 0.118. The third kappa shape index (κ3) is 4.79. The number of sulfonamides is 1. The van der Waals surface area contributed by atoms with Crippen molar-refractivity contribution in [3.63, 3.8) is 0 Å². The molecule has 0 atom stereocenters. The Bertz CT molecular complexity index is 1290. The van der Waals surface area contributed by atoms with E-state index in [4.69, 9.17) is 34.8 Å². The molecule has 0 saturated carbocycles. The fourth-order valence-corrected chi connectivity index (χ4v) is 4.58. The second-order valence-corrected chi connectivity index (χ2v) is 9.06. The van der Waals surface area contributed by atoms with Crippen LogP contribution in [-0.2, 0) is 16.2 Å². The number of benzene rings is 2. The molecule has 3 rings (SSSR count). The van der Waals surface area contributed by atoms with E-state index in [1.165, 1.54) is 29.0 Å². The van der Waals surface area contributed by atoms with Gasteiger partial charge >= 0.3 is 6.18 Å². The van der Waals surface area contributed by atoms with Crippen LogP contribution in [0.2, 0.25) is 15.1 Å². The second kappa shape index (κ2) is 8.30. The van der Waals surface area contributed by atoms with E-state index in [0.717, 1.165) is 12.1 Å². The highest BCUT2D eigenvalue weighted by molar-refractivity contribution is 7.90. The molecular formula is C17H10Cl3F3N4O3S. The van der Waals surface area contributed by atoms with Gasteiger partial charge in [0.15, 0.2) is 11.4 Å². The zero-order valence-corrected chi connectivity index (χ0v) is 18.3. The molecule has 7 nitrogen and oxygen atoms in total. The number of nitrogens with one attached hydrogen (secondary N) is 1. The van der Waals surface area contributed by atoms with Gasteiger partial charge in [-0.3, -0.25) is 4.79 Å². The number of amides is 1. The van der Waals surface area contributed by atoms with Gasteiger partial charge in [0.2, 0.25) is 0 Å². The van der Waals surface area contributed by atoms with Crippen LogP contribution in [0.15, 0.2) is 41.3 Å². The Morgan fingerprint density at radius 3 is 2.35 bits per heavy atom. The summed E-state index contributed by atoms with van der Waals surface area (Å²) in [7, 11) is -4.68. The van der Waals surface area contributed by atoms with Gasteiger partial charge in [-0.2, -0.15) is 13.2 Å². The van der Waals surface area contributed by atoms with E-state index in [1.807, 2.05) is 0 Å². The lowest BCUT2D eigenvalue weighted by molar-refractivity contribution is -0.143. The van der Waals surface area contributed by atoms with Crippen molar-refractivity contribution < 1.29 is 26.4 Å². The van der Waals surface area contributed by atoms with Crippen molar-refractivity contribution in [2.75, 3.05) is 0 Å². The lowest BCUT2D eigenvalue weighted by Crippen LogP contribution is -2.33. The Hall–Kier alpha value is -2.34. The first-order valence-corrected chi connectivity index (χ1v) is 10.7. The van der Waals surface area contributed by atoms with Crippen LogP contribution in [0.3, 0.4) is 0 Å². The van der Waals surface area contributed by atoms with Crippen molar-refractivity contribution in [3.8, 4) is 5.69 Å². The second-order valence-electron chi connectivity index (χ2n) is 6.16. The summed E-state index contributed by atoms with van der Waals surface area (Å²) in [5.74, 6) is -1.67. The third-order valence-electron chi connectivity index (χ3n) is 3.90. The van der Waals surface area contributed by atoms with Crippen molar-refractivity contribution in [2.24, 2.45) is 0 Å². The summed E-state index contributed by atoms with van der Waals surface area (Å²) < 4.78 is 68.1. The number of aryl methyl sites for hydroxylation is 1. The van der Waals surface area contributed by atoms with Gasteiger partial charge in [-0.1, -0.05) is 46.1 Å². The molecule has 1 aromatic heterocycles. The molecule has 1 heterocycles. The van der Waals surface area contributed by atoms with Crippen molar-refractivity contribution in [1.29, 1.82) is 0 Å². The zero-order valence-electron chi connectivity index (χ0n) is 15.2. The van der Waals surface area contributed by atoms with Gasteiger partial charge < -0.3 is 0 Å². The number of alkyl halides is 3. The lowest BCUT2D eigenvalue weighted by atomic mass is 10.2. The normalized spacial score (nSPS) is 12.1. The maximum atomic E-state index is 13.8. The van der Waals surface area contributed by atoms with E-state index < -0.39 is 38.4 Å². The van der Waals surface area contributed by atoms with Gasteiger partial charge in [0.25, 0.3) is 15.9 Å². The molecule has 0 aliphatic heterocycles. The Labute approximate surface area is 188 Å². The number of nitrogens with zero attached hydrogens (tertiary/aromatic N) is 3. The molecule has 31 heavy (non-hydrogen) atoms. The smallest absolute Gasteiger partial charge is 0.266 e. The first-order chi connectivity index (χ1) is 14.3. The molecule has 164 valence electrons. The molecule has 0 aliphatic carbocycles. The molecule has 0 saturated heterocycles. The molecule has 1 N–H and O–H groups in total. The molecule has 0 unspecified atom stereocenters. The highest BCUT2D eigenvalue weighted by Gasteiger charge is 2.43. The largest absolute Gasteiger partial charge is 0.435 e. The van der Waals surface area contributed by atoms with Crippen LogP contribution in [0, 0.1) is 6.92 Å². The predicted molar refractivity (Wildman–Crippen MR) is 107 cm³/mol. The fourth-order valence-electron chi connectivity index (χ4n) is 2.55. The zero-order chi connectivity index (χ0) is 23.1. The van der Waals surface area contributed by atoms with Crippen LogP contribution in [0.4, 0.5) is 13.2 Å². The van der Waals surface area contributed by atoms with Crippen LogP contribution in [-0.4, -0.2) is 29.3 Å². The van der Waals surface area contributed by atoms with E-state index in [1.54, 1.807) is 6.92 Å². The first kappa shape index (κ1) is 23.3. The van der Waals surface area contributed by atoms with Crippen LogP contribution >= 0.6 is 34.8 Å². The first-order valence-electron chi connectivity index (χ1n) is 8.13. The standard InChI is InChI=1S/C17H10Cl3F3N4O3S/c1-8-2-5-12(11(20)6-8)27-15(17(21,22)23)14(24-26-27)16(28)25-31(29,30)13-7-9(18)3-4-10(13)19/h2-7H,1H3,(H,25,28). The van der Waals surface area contributed by atoms with E-state index in [2.05, 4.69) is 10.3 Å². The number of aromatic nitrogens is 3. The summed E-state index contributed by atoms with van der Waals surface area (Å²) in [6, 6.07) is 7.51. The highest BCUT2D eigenvalue weighted by atomic mass is 35.5. The average Bonchev–Trinajstić information content (AvgIpc) is 3.08. The summed E-state index contributed by atoms with van der Waals surface area (Å²) in [6.45, 7) is 1.67. The van der Waals surface area contributed by atoms with E-state index >= 15 is 0 Å². The summed E-state index contributed by atoms with van der Waals surface area (Å²) in [5, 5.41) is 6.20. The van der Waals surface area contributed by atoms with Crippen LogP contribution in [0.5, 0.6) is 0 Å². The van der Waals surface area contributed by atoms with Gasteiger partial charge in [-0.15, -0.1) is 5.10 Å². The Balaban J connectivity index is 2.08. The number of hydrogen-bond donors (Lipinski definition) is 1. The lowest BCUT2D eigenvalue weighted by Gasteiger charge is -2.13. The van der Waals surface area contributed by atoms with Crippen LogP contribution in [0.25, 0.3) is 5.69 Å². The number of hydrogen-bond acceptors (Lipinski definition) is 5. The van der Waals surface area contributed by atoms with Gasteiger partial charge in [0.1, 0.15) is 4.90 Å². The average molecular weight is 514 g/mol. The van der Waals surface area contributed by atoms with Crippen molar-refractivity contribution >= 4 is 50.7 Å². The third-order valence-corrected chi connectivity index (χ3v) is 6.25. The quantitative estimate of drug-likeness (QED) is 0.547. The Kier molecular flexibility index (Phi) is 6.25. The van der Waals surface area contributed by atoms with E-state index in [9.17, 15) is 26.4 Å². The summed E-state index contributed by atoms with van der Waals surface area (Å²) >= 11 is 17.6. The highest BCUT2D eigenvalue weighted by Crippen LogP contribution is 2.35. The number of carbonyl (C=O) groups is 1. The van der Waals surface area contributed by atoms with Gasteiger partial charge in [0, 0.05) is 5.02 Å². The molecule has 14 heteroatoms. The minimum atomic E-state index is -5.12. The van der Waals surface area contributed by atoms with Gasteiger partial charge in [-0.25, -0.2) is 17.8 Å². The van der Waals surface area contributed by atoms with Gasteiger partial charge in [-0.05, 0) is 42.8 Å². The molecule has 0 fully saturated rings. The SMILES string of the molecule is Cc1ccc(-n2nnc(C(=O)NS(=O)(=O)c3cc(Cl)ccc3Cl)c2C(F)(F)F)c(Cl)c1. The van der Waals surface area contributed by atoms with Crippen molar-refractivity contribution in [2.45, 2.75) is 18.0 Å². The molecule has 0 aliphatic rings. The number of carbonyl (C=O) groups excluding carboxylic acids is 1. The maximum Gasteiger partial charge on any atom is 0.435 e. The summed E-state index contributed by atoms with van der Waals surface area (Å²) in [5.41, 5.74) is -2.41.